The zero-order valence-electron chi connectivity index (χ0n) is 13.4. The Hall–Kier alpha value is -2.21. The van der Waals surface area contributed by atoms with Crippen LogP contribution < -0.4 is 0 Å². The average molecular weight is 329 g/mol. The molecule has 24 heavy (non-hydrogen) atoms. The summed E-state index contributed by atoms with van der Waals surface area (Å²) in [6, 6.07) is 6.71. The second-order valence-electron chi connectivity index (χ2n) is 6.44. The number of aromatic nitrogens is 2. The van der Waals surface area contributed by atoms with E-state index < -0.39 is 0 Å². The largest absolute Gasteiger partial charge is 0.395 e. The van der Waals surface area contributed by atoms with Gasteiger partial charge in [-0.25, -0.2) is 9.07 Å². The lowest BCUT2D eigenvalue weighted by molar-refractivity contribution is 0.0700. The Kier molecular flexibility index (Phi) is 3.84. The number of hydrogen-bond acceptors (Lipinski definition) is 3. The molecule has 1 N–H and O–H groups in total. The Morgan fingerprint density at radius 3 is 2.83 bits per heavy atom. The fourth-order valence-corrected chi connectivity index (χ4v) is 3.51. The molecule has 1 amide bonds. The van der Waals surface area contributed by atoms with Gasteiger partial charge in [0.1, 0.15) is 11.5 Å². The third-order valence-corrected chi connectivity index (χ3v) is 4.80. The monoisotopic (exact) mass is 329 g/mol. The van der Waals surface area contributed by atoms with Crippen LogP contribution in [-0.4, -0.2) is 44.9 Å². The van der Waals surface area contributed by atoms with Gasteiger partial charge < -0.3 is 10.0 Å². The van der Waals surface area contributed by atoms with Crippen LogP contribution in [-0.2, 0) is 12.8 Å². The van der Waals surface area contributed by atoms with E-state index in [1.807, 2.05) is 0 Å². The number of hydrogen-bond donors (Lipinski definition) is 1. The first-order chi connectivity index (χ1) is 11.7. The van der Waals surface area contributed by atoms with Gasteiger partial charge in [0.15, 0.2) is 5.69 Å². The van der Waals surface area contributed by atoms with Crippen molar-refractivity contribution >= 4 is 5.91 Å². The third-order valence-electron chi connectivity index (χ3n) is 4.80. The smallest absolute Gasteiger partial charge is 0.274 e. The van der Waals surface area contributed by atoms with Gasteiger partial charge in [0, 0.05) is 23.8 Å². The molecule has 5 nitrogen and oxygen atoms in total. The van der Waals surface area contributed by atoms with E-state index in [2.05, 4.69) is 5.10 Å². The van der Waals surface area contributed by atoms with Crippen LogP contribution in [0.4, 0.5) is 4.39 Å². The fraction of sp³-hybridized carbons (Fsp3) is 0.444. The summed E-state index contributed by atoms with van der Waals surface area (Å²) < 4.78 is 15.8. The molecule has 2 aliphatic rings. The molecule has 1 aromatic heterocycles. The van der Waals surface area contributed by atoms with Crippen LogP contribution >= 0.6 is 0 Å². The molecular formula is C18H20FN3O2. The predicted octanol–water partition coefficient (Wildman–Crippen LogP) is 2.10. The Morgan fingerprint density at radius 1 is 1.33 bits per heavy atom. The molecule has 1 saturated carbocycles. The molecule has 6 heteroatoms. The lowest BCUT2D eigenvalue weighted by Gasteiger charge is -2.20. The molecule has 2 aromatic rings. The number of benzene rings is 1. The molecule has 0 spiro atoms. The molecule has 0 aliphatic heterocycles. The first-order valence-electron chi connectivity index (χ1n) is 8.48. The lowest BCUT2D eigenvalue weighted by atomic mass is 10.2. The first kappa shape index (κ1) is 15.3. The number of nitrogens with zero attached hydrogens (tertiary/aromatic N) is 3. The SMILES string of the molecule is O=C(c1nn(-c2ccccc2F)c2c1CCC2)N(CCO)C1CC1. The van der Waals surface area contributed by atoms with E-state index >= 15 is 0 Å². The number of aliphatic hydroxyl groups excluding tert-OH is 1. The summed E-state index contributed by atoms with van der Waals surface area (Å²) in [6.07, 6.45) is 4.49. The van der Waals surface area contributed by atoms with Crippen LogP contribution in [0.2, 0.25) is 0 Å². The van der Waals surface area contributed by atoms with Gasteiger partial charge in [0.25, 0.3) is 5.91 Å². The maximum Gasteiger partial charge on any atom is 0.274 e. The standard InChI is InChI=1S/C18H20FN3O2/c19-14-5-1-2-6-16(14)22-15-7-3-4-13(15)17(20-22)18(24)21(10-11-23)12-8-9-12/h1-2,5-6,12,23H,3-4,7-11H2. The van der Waals surface area contributed by atoms with Gasteiger partial charge in [0.05, 0.1) is 6.61 Å². The number of halogens is 1. The number of amides is 1. The molecule has 1 heterocycles. The quantitative estimate of drug-likeness (QED) is 0.914. The Labute approximate surface area is 139 Å². The number of fused-ring (bicyclic) bond motifs is 1. The van der Waals surface area contributed by atoms with Crippen LogP contribution in [0, 0.1) is 5.82 Å². The summed E-state index contributed by atoms with van der Waals surface area (Å²) in [5, 5.41) is 13.7. The van der Waals surface area contributed by atoms with E-state index in [1.54, 1.807) is 27.8 Å². The van der Waals surface area contributed by atoms with Gasteiger partial charge in [-0.05, 0) is 44.2 Å². The highest BCUT2D eigenvalue weighted by Crippen LogP contribution is 2.32. The van der Waals surface area contributed by atoms with Gasteiger partial charge in [-0.15, -0.1) is 0 Å². The topological polar surface area (TPSA) is 58.4 Å². The molecule has 0 radical (unpaired) electrons. The average Bonchev–Trinajstić information content (AvgIpc) is 3.19. The second kappa shape index (κ2) is 6.02. The molecule has 0 atom stereocenters. The summed E-state index contributed by atoms with van der Waals surface area (Å²) in [5.41, 5.74) is 2.68. The predicted molar refractivity (Wildman–Crippen MR) is 86.7 cm³/mol. The highest BCUT2D eigenvalue weighted by Gasteiger charge is 2.36. The van der Waals surface area contributed by atoms with Gasteiger partial charge in [-0.3, -0.25) is 4.79 Å². The molecule has 1 fully saturated rings. The van der Waals surface area contributed by atoms with Crippen LogP contribution in [0.5, 0.6) is 0 Å². The Balaban J connectivity index is 1.76. The molecule has 126 valence electrons. The number of carbonyl (C=O) groups excluding carboxylic acids is 1. The van der Waals surface area contributed by atoms with Gasteiger partial charge in [-0.2, -0.15) is 5.10 Å². The lowest BCUT2D eigenvalue weighted by Crippen LogP contribution is -2.36. The summed E-state index contributed by atoms with van der Waals surface area (Å²) >= 11 is 0. The molecule has 0 saturated heterocycles. The van der Waals surface area contributed by atoms with Crippen molar-refractivity contribution in [3.05, 3.63) is 47.0 Å². The number of rotatable bonds is 5. The van der Waals surface area contributed by atoms with E-state index in [0.717, 1.165) is 43.4 Å². The van der Waals surface area contributed by atoms with Crippen molar-refractivity contribution < 1.29 is 14.3 Å². The van der Waals surface area contributed by atoms with Gasteiger partial charge >= 0.3 is 0 Å². The van der Waals surface area contributed by atoms with E-state index in [-0.39, 0.29) is 24.4 Å². The highest BCUT2D eigenvalue weighted by molar-refractivity contribution is 5.94. The van der Waals surface area contributed by atoms with Crippen molar-refractivity contribution in [2.45, 2.75) is 38.1 Å². The summed E-state index contributed by atoms with van der Waals surface area (Å²) in [4.78, 5) is 14.7. The highest BCUT2D eigenvalue weighted by atomic mass is 19.1. The minimum Gasteiger partial charge on any atom is -0.395 e. The second-order valence-corrected chi connectivity index (χ2v) is 6.44. The Morgan fingerprint density at radius 2 is 2.12 bits per heavy atom. The van der Waals surface area contributed by atoms with Gasteiger partial charge in [-0.1, -0.05) is 12.1 Å². The van der Waals surface area contributed by atoms with Gasteiger partial charge in [0.2, 0.25) is 0 Å². The van der Waals surface area contributed by atoms with Crippen LogP contribution in [0.1, 0.15) is 41.0 Å². The zero-order chi connectivity index (χ0) is 16.7. The van der Waals surface area contributed by atoms with Crippen molar-refractivity contribution in [2.24, 2.45) is 0 Å². The first-order valence-corrected chi connectivity index (χ1v) is 8.48. The van der Waals surface area contributed by atoms with Crippen molar-refractivity contribution in [1.82, 2.24) is 14.7 Å². The number of aliphatic hydroxyl groups is 1. The van der Waals surface area contributed by atoms with Crippen LogP contribution in [0.25, 0.3) is 5.69 Å². The molecule has 0 unspecified atom stereocenters. The Bertz CT molecular complexity index is 783. The van der Waals surface area contributed by atoms with E-state index in [4.69, 9.17) is 0 Å². The third kappa shape index (κ3) is 2.51. The summed E-state index contributed by atoms with van der Waals surface area (Å²) in [5.74, 6) is -0.483. The molecule has 0 bridgehead atoms. The van der Waals surface area contributed by atoms with Crippen LogP contribution in [0.3, 0.4) is 0 Å². The van der Waals surface area contributed by atoms with Crippen molar-refractivity contribution in [3.8, 4) is 5.69 Å². The normalized spacial score (nSPS) is 16.2. The number of carbonyl (C=O) groups is 1. The molecular weight excluding hydrogens is 309 g/mol. The zero-order valence-corrected chi connectivity index (χ0v) is 13.4. The van der Waals surface area contributed by atoms with Crippen molar-refractivity contribution in [1.29, 1.82) is 0 Å². The molecule has 4 rings (SSSR count). The van der Waals surface area contributed by atoms with Crippen LogP contribution in [0.15, 0.2) is 24.3 Å². The minimum absolute atomic E-state index is 0.0571. The maximum absolute atomic E-state index is 14.2. The minimum atomic E-state index is -0.344. The summed E-state index contributed by atoms with van der Waals surface area (Å²) in [7, 11) is 0. The van der Waals surface area contributed by atoms with E-state index in [9.17, 15) is 14.3 Å². The molecule has 2 aliphatic carbocycles. The van der Waals surface area contributed by atoms with Crippen molar-refractivity contribution in [3.63, 3.8) is 0 Å². The van der Waals surface area contributed by atoms with Crippen molar-refractivity contribution in [2.75, 3.05) is 13.2 Å². The summed E-state index contributed by atoms with van der Waals surface area (Å²) in [6.45, 7) is 0.267. The fourth-order valence-electron chi connectivity index (χ4n) is 3.51. The molecule has 1 aromatic carbocycles. The number of para-hydroxylation sites is 1. The van der Waals surface area contributed by atoms with E-state index in [1.165, 1.54) is 6.07 Å². The van der Waals surface area contributed by atoms with E-state index in [0.29, 0.717) is 17.9 Å². The maximum atomic E-state index is 14.2.